The summed E-state index contributed by atoms with van der Waals surface area (Å²) in [5, 5.41) is 13.5. The number of nitrogens with zero attached hydrogens (tertiary/aromatic N) is 2. The Labute approximate surface area is 95.3 Å². The second-order valence-corrected chi connectivity index (χ2v) is 5.32. The minimum atomic E-state index is -0.697. The van der Waals surface area contributed by atoms with Crippen LogP contribution in [0.2, 0.25) is 0 Å². The van der Waals surface area contributed by atoms with E-state index in [-0.39, 0.29) is 17.3 Å². The zero-order valence-corrected chi connectivity index (χ0v) is 10.4. The maximum Gasteiger partial charge on any atom is 0.307 e. The van der Waals surface area contributed by atoms with Gasteiger partial charge in [-0.1, -0.05) is 13.8 Å². The first-order chi connectivity index (χ1) is 7.28. The third-order valence-electron chi connectivity index (χ3n) is 3.97. The first kappa shape index (κ1) is 11.2. The number of hydrogen-bond donors (Lipinski definition) is 1. The van der Waals surface area contributed by atoms with Crippen molar-refractivity contribution in [3.63, 3.8) is 0 Å². The van der Waals surface area contributed by atoms with Gasteiger partial charge in [0.2, 0.25) is 0 Å². The predicted molar refractivity (Wildman–Crippen MR) is 60.3 cm³/mol. The van der Waals surface area contributed by atoms with E-state index in [0.29, 0.717) is 0 Å². The largest absolute Gasteiger partial charge is 0.481 e. The molecule has 1 aliphatic carbocycles. The molecular weight excluding hydrogens is 204 g/mol. The van der Waals surface area contributed by atoms with Crippen LogP contribution in [0.15, 0.2) is 0 Å². The van der Waals surface area contributed by atoms with Gasteiger partial charge in [-0.2, -0.15) is 5.10 Å². The maximum atomic E-state index is 11.2. The Morgan fingerprint density at radius 1 is 1.44 bits per heavy atom. The molecule has 1 N–H and O–H groups in total. The lowest BCUT2D eigenvalue weighted by Gasteiger charge is -2.03. The molecule has 0 radical (unpaired) electrons. The summed E-state index contributed by atoms with van der Waals surface area (Å²) in [6.07, 6.45) is 0. The number of carboxylic acid groups (broad SMARTS) is 1. The Morgan fingerprint density at radius 2 is 2.00 bits per heavy atom. The molecule has 2 rings (SSSR count). The van der Waals surface area contributed by atoms with Crippen LogP contribution < -0.4 is 0 Å². The van der Waals surface area contributed by atoms with Gasteiger partial charge in [0.25, 0.3) is 0 Å². The zero-order chi connectivity index (χ0) is 12.2. The molecule has 4 heteroatoms. The molecular formula is C12H18N2O2. The predicted octanol–water partition coefficient (Wildman–Crippen LogP) is 1.86. The Bertz CT molecular complexity index is 460. The molecule has 0 amide bonds. The van der Waals surface area contributed by atoms with Gasteiger partial charge < -0.3 is 5.11 Å². The molecule has 1 heterocycles. The fraction of sp³-hybridized carbons (Fsp3) is 0.667. The lowest BCUT2D eigenvalue weighted by molar-refractivity contribution is -0.139. The van der Waals surface area contributed by atoms with Crippen LogP contribution in [0.1, 0.15) is 36.7 Å². The van der Waals surface area contributed by atoms with Crippen LogP contribution in [0, 0.1) is 25.2 Å². The Hall–Kier alpha value is -1.32. The number of aliphatic carboxylic acids is 1. The summed E-state index contributed by atoms with van der Waals surface area (Å²) in [4.78, 5) is 11.2. The summed E-state index contributed by atoms with van der Waals surface area (Å²) >= 11 is 0. The van der Waals surface area contributed by atoms with Crippen molar-refractivity contribution in [1.29, 1.82) is 0 Å². The van der Waals surface area contributed by atoms with Crippen molar-refractivity contribution >= 4 is 5.97 Å². The molecule has 4 nitrogen and oxygen atoms in total. The van der Waals surface area contributed by atoms with E-state index in [1.807, 2.05) is 39.4 Å². The van der Waals surface area contributed by atoms with Gasteiger partial charge in [-0.05, 0) is 19.3 Å². The average molecular weight is 222 g/mol. The maximum absolute atomic E-state index is 11.2. The molecule has 1 saturated carbocycles. The van der Waals surface area contributed by atoms with Crippen molar-refractivity contribution in [2.75, 3.05) is 0 Å². The highest BCUT2D eigenvalue weighted by molar-refractivity contribution is 5.78. The van der Waals surface area contributed by atoms with E-state index in [2.05, 4.69) is 5.10 Å². The van der Waals surface area contributed by atoms with Crippen LogP contribution in [-0.2, 0) is 11.8 Å². The van der Waals surface area contributed by atoms with E-state index >= 15 is 0 Å². The van der Waals surface area contributed by atoms with Crippen molar-refractivity contribution in [2.24, 2.45) is 18.4 Å². The molecule has 2 unspecified atom stereocenters. The first-order valence-corrected chi connectivity index (χ1v) is 5.51. The minimum Gasteiger partial charge on any atom is -0.481 e. The second kappa shape index (κ2) is 3.09. The van der Waals surface area contributed by atoms with Crippen LogP contribution in [-0.4, -0.2) is 20.9 Å². The molecule has 0 saturated heterocycles. The molecule has 0 aliphatic heterocycles. The van der Waals surface area contributed by atoms with Crippen LogP contribution in [0.25, 0.3) is 0 Å². The van der Waals surface area contributed by atoms with Crippen molar-refractivity contribution in [1.82, 2.24) is 9.78 Å². The van der Waals surface area contributed by atoms with E-state index in [1.165, 1.54) is 0 Å². The minimum absolute atomic E-state index is 0.110. The monoisotopic (exact) mass is 222 g/mol. The second-order valence-electron chi connectivity index (χ2n) is 5.32. The van der Waals surface area contributed by atoms with Gasteiger partial charge in [-0.25, -0.2) is 0 Å². The fourth-order valence-corrected chi connectivity index (χ4v) is 2.88. The summed E-state index contributed by atoms with van der Waals surface area (Å²) in [7, 11) is 1.90. The van der Waals surface area contributed by atoms with E-state index in [1.54, 1.807) is 0 Å². The number of carboxylic acids is 1. The molecule has 1 aromatic rings. The molecule has 0 bridgehead atoms. The summed E-state index contributed by atoms with van der Waals surface area (Å²) in [6, 6.07) is 0. The summed E-state index contributed by atoms with van der Waals surface area (Å²) in [6.45, 7) is 7.99. The first-order valence-electron chi connectivity index (χ1n) is 5.51. The average Bonchev–Trinajstić information content (AvgIpc) is 2.59. The lowest BCUT2D eigenvalue weighted by atomic mass is 10.0. The summed E-state index contributed by atoms with van der Waals surface area (Å²) < 4.78 is 1.83. The van der Waals surface area contributed by atoms with E-state index in [0.717, 1.165) is 17.0 Å². The summed E-state index contributed by atoms with van der Waals surface area (Å²) in [5.41, 5.74) is 3.02. The normalized spacial score (nSPS) is 26.8. The topological polar surface area (TPSA) is 55.1 Å². The standard InChI is InChI=1S/C12H18N2O2/c1-6-8(7(2)14(5)13-6)9-10(11(15)16)12(9,3)4/h9-10H,1-5H3,(H,15,16). The van der Waals surface area contributed by atoms with Gasteiger partial charge in [0.1, 0.15) is 0 Å². The van der Waals surface area contributed by atoms with Gasteiger partial charge in [-0.3, -0.25) is 9.48 Å². The van der Waals surface area contributed by atoms with Crippen molar-refractivity contribution in [3.8, 4) is 0 Å². The van der Waals surface area contributed by atoms with E-state index in [4.69, 9.17) is 0 Å². The Morgan fingerprint density at radius 3 is 2.31 bits per heavy atom. The molecule has 2 atom stereocenters. The van der Waals surface area contributed by atoms with E-state index < -0.39 is 5.97 Å². The summed E-state index contributed by atoms with van der Waals surface area (Å²) in [5.74, 6) is -0.856. The Balaban J connectivity index is 2.44. The van der Waals surface area contributed by atoms with Crippen LogP contribution in [0.4, 0.5) is 0 Å². The molecule has 0 aromatic carbocycles. The van der Waals surface area contributed by atoms with Crippen molar-refractivity contribution in [2.45, 2.75) is 33.6 Å². The number of aromatic nitrogens is 2. The number of aryl methyl sites for hydroxylation is 2. The van der Waals surface area contributed by atoms with Gasteiger partial charge in [-0.15, -0.1) is 0 Å². The van der Waals surface area contributed by atoms with Gasteiger partial charge in [0, 0.05) is 24.2 Å². The highest BCUT2D eigenvalue weighted by atomic mass is 16.4. The number of rotatable bonds is 2. The van der Waals surface area contributed by atoms with Crippen LogP contribution >= 0.6 is 0 Å². The Kier molecular flexibility index (Phi) is 2.16. The third kappa shape index (κ3) is 1.29. The number of hydrogen-bond acceptors (Lipinski definition) is 2. The zero-order valence-electron chi connectivity index (χ0n) is 10.4. The highest BCUT2D eigenvalue weighted by Gasteiger charge is 2.63. The SMILES string of the molecule is Cc1nn(C)c(C)c1C1C(C(=O)O)C1(C)C. The molecule has 88 valence electrons. The molecule has 1 aromatic heterocycles. The van der Waals surface area contributed by atoms with Gasteiger partial charge >= 0.3 is 5.97 Å². The fourth-order valence-electron chi connectivity index (χ4n) is 2.88. The lowest BCUT2D eigenvalue weighted by Crippen LogP contribution is -2.03. The van der Waals surface area contributed by atoms with Crippen LogP contribution in [0.3, 0.4) is 0 Å². The molecule has 16 heavy (non-hydrogen) atoms. The van der Waals surface area contributed by atoms with Crippen molar-refractivity contribution < 1.29 is 9.90 Å². The van der Waals surface area contributed by atoms with Crippen molar-refractivity contribution in [3.05, 3.63) is 17.0 Å². The smallest absolute Gasteiger partial charge is 0.307 e. The van der Waals surface area contributed by atoms with E-state index in [9.17, 15) is 9.90 Å². The molecule has 0 spiro atoms. The quantitative estimate of drug-likeness (QED) is 0.831. The molecule has 1 fully saturated rings. The van der Waals surface area contributed by atoms with Gasteiger partial charge in [0.05, 0.1) is 11.6 Å². The van der Waals surface area contributed by atoms with Gasteiger partial charge in [0.15, 0.2) is 0 Å². The van der Waals surface area contributed by atoms with Crippen LogP contribution in [0.5, 0.6) is 0 Å². The third-order valence-corrected chi connectivity index (χ3v) is 3.97. The number of carbonyl (C=O) groups is 1. The molecule has 1 aliphatic rings. The highest BCUT2D eigenvalue weighted by Crippen LogP contribution is 2.65.